The zero-order valence-corrected chi connectivity index (χ0v) is 11.3. The third kappa shape index (κ3) is 4.37. The van der Waals surface area contributed by atoms with Crippen LogP contribution in [0.25, 0.3) is 0 Å². The summed E-state index contributed by atoms with van der Waals surface area (Å²) in [5.41, 5.74) is 0.844. The zero-order chi connectivity index (χ0) is 14.8. The molecule has 1 N–H and O–H groups in total. The number of piperidine rings is 1. The van der Waals surface area contributed by atoms with Crippen LogP contribution in [0.2, 0.25) is 0 Å². The van der Waals surface area contributed by atoms with Crippen LogP contribution in [0.3, 0.4) is 0 Å². The number of alkyl halides is 3. The molecular weight excluding hydrogens is 272 g/mol. The molecule has 20 heavy (non-hydrogen) atoms. The molecular formula is C14H18F4N2. The molecule has 1 aromatic rings. The van der Waals surface area contributed by atoms with Crippen molar-refractivity contribution in [1.29, 1.82) is 0 Å². The molecule has 0 aromatic heterocycles. The van der Waals surface area contributed by atoms with Gasteiger partial charge in [0.2, 0.25) is 0 Å². The first-order chi connectivity index (χ1) is 9.33. The van der Waals surface area contributed by atoms with Gasteiger partial charge in [0, 0.05) is 24.8 Å². The fraction of sp³-hybridized carbons (Fsp3) is 0.571. The third-order valence-electron chi connectivity index (χ3n) is 3.44. The van der Waals surface area contributed by atoms with E-state index in [1.807, 2.05) is 11.8 Å². The van der Waals surface area contributed by atoms with Gasteiger partial charge in [0.25, 0.3) is 0 Å². The number of halogens is 4. The molecule has 2 rings (SSSR count). The van der Waals surface area contributed by atoms with Gasteiger partial charge < -0.3 is 10.2 Å². The molecule has 1 aliphatic heterocycles. The number of benzene rings is 1. The van der Waals surface area contributed by atoms with Crippen LogP contribution in [0.5, 0.6) is 0 Å². The predicted octanol–water partition coefficient (Wildman–Crippen LogP) is 3.19. The maximum atomic E-state index is 12.9. The standard InChI is InChI=1S/C14H18F4N2/c1-10-6-12(19-9-14(16,17)18)8-20(7-10)13-4-2-11(15)3-5-13/h2-5,10,12,19H,6-9H2,1H3. The first kappa shape index (κ1) is 15.1. The molecule has 1 saturated heterocycles. The maximum absolute atomic E-state index is 12.9. The topological polar surface area (TPSA) is 15.3 Å². The van der Waals surface area contributed by atoms with Crippen molar-refractivity contribution < 1.29 is 17.6 Å². The highest BCUT2D eigenvalue weighted by atomic mass is 19.4. The second-order valence-electron chi connectivity index (χ2n) is 5.42. The van der Waals surface area contributed by atoms with E-state index in [2.05, 4.69) is 5.32 Å². The number of anilines is 1. The van der Waals surface area contributed by atoms with E-state index >= 15 is 0 Å². The molecule has 1 aliphatic rings. The lowest BCUT2D eigenvalue weighted by molar-refractivity contribution is -0.126. The minimum absolute atomic E-state index is 0.203. The molecule has 2 atom stereocenters. The summed E-state index contributed by atoms with van der Waals surface area (Å²) >= 11 is 0. The van der Waals surface area contributed by atoms with Gasteiger partial charge in [0.15, 0.2) is 0 Å². The highest BCUT2D eigenvalue weighted by Crippen LogP contribution is 2.24. The van der Waals surface area contributed by atoms with Crippen molar-refractivity contribution >= 4 is 5.69 Å². The lowest BCUT2D eigenvalue weighted by Gasteiger charge is -2.38. The summed E-state index contributed by atoms with van der Waals surface area (Å²) < 4.78 is 49.7. The third-order valence-corrected chi connectivity index (χ3v) is 3.44. The van der Waals surface area contributed by atoms with E-state index in [0.717, 1.165) is 12.2 Å². The minimum Gasteiger partial charge on any atom is -0.370 e. The number of nitrogens with zero attached hydrogens (tertiary/aromatic N) is 1. The summed E-state index contributed by atoms with van der Waals surface area (Å²) in [7, 11) is 0. The van der Waals surface area contributed by atoms with Crippen LogP contribution in [-0.4, -0.2) is 31.9 Å². The molecule has 2 unspecified atom stereocenters. The Morgan fingerprint density at radius 2 is 1.85 bits per heavy atom. The van der Waals surface area contributed by atoms with Crippen LogP contribution < -0.4 is 10.2 Å². The molecule has 0 spiro atoms. The average molecular weight is 290 g/mol. The van der Waals surface area contributed by atoms with E-state index in [9.17, 15) is 17.6 Å². The molecule has 1 heterocycles. The smallest absolute Gasteiger partial charge is 0.370 e. The average Bonchev–Trinajstić information content (AvgIpc) is 2.36. The van der Waals surface area contributed by atoms with Gasteiger partial charge in [-0.05, 0) is 36.6 Å². The lowest BCUT2D eigenvalue weighted by atomic mass is 9.95. The Morgan fingerprint density at radius 1 is 1.20 bits per heavy atom. The molecule has 2 nitrogen and oxygen atoms in total. The fourth-order valence-electron chi connectivity index (χ4n) is 2.62. The molecule has 6 heteroatoms. The summed E-state index contributed by atoms with van der Waals surface area (Å²) in [6.45, 7) is 2.32. The first-order valence-electron chi connectivity index (χ1n) is 6.64. The van der Waals surface area contributed by atoms with E-state index < -0.39 is 12.7 Å². The Hall–Kier alpha value is -1.30. The molecule has 0 saturated carbocycles. The summed E-state index contributed by atoms with van der Waals surface area (Å²) in [6.07, 6.45) is -3.48. The van der Waals surface area contributed by atoms with Gasteiger partial charge in [0.05, 0.1) is 6.54 Å². The van der Waals surface area contributed by atoms with Crippen LogP contribution >= 0.6 is 0 Å². The second kappa shape index (κ2) is 5.99. The van der Waals surface area contributed by atoms with Crippen molar-refractivity contribution in [3.05, 3.63) is 30.1 Å². The van der Waals surface area contributed by atoms with Crippen molar-refractivity contribution in [2.45, 2.75) is 25.6 Å². The normalized spacial score (nSPS) is 23.9. The predicted molar refractivity (Wildman–Crippen MR) is 70.2 cm³/mol. The summed E-state index contributed by atoms with van der Waals surface area (Å²) in [5.74, 6) is -0.0231. The van der Waals surface area contributed by atoms with E-state index in [4.69, 9.17) is 0 Å². The number of hydrogen-bond acceptors (Lipinski definition) is 2. The highest BCUT2D eigenvalue weighted by molar-refractivity contribution is 5.47. The van der Waals surface area contributed by atoms with Crippen molar-refractivity contribution in [1.82, 2.24) is 5.32 Å². The Labute approximate surface area is 115 Å². The molecule has 112 valence electrons. The van der Waals surface area contributed by atoms with E-state index in [0.29, 0.717) is 18.9 Å². The lowest BCUT2D eigenvalue weighted by Crippen LogP contribution is -2.50. The van der Waals surface area contributed by atoms with Crippen LogP contribution in [0.15, 0.2) is 24.3 Å². The number of hydrogen-bond donors (Lipinski definition) is 1. The molecule has 1 fully saturated rings. The Balaban J connectivity index is 1.99. The van der Waals surface area contributed by atoms with E-state index in [-0.39, 0.29) is 11.9 Å². The van der Waals surface area contributed by atoms with Crippen molar-refractivity contribution in [3.8, 4) is 0 Å². The Kier molecular flexibility index (Phi) is 4.52. The Bertz CT molecular complexity index is 430. The van der Waals surface area contributed by atoms with Gasteiger partial charge in [-0.2, -0.15) is 13.2 Å². The van der Waals surface area contributed by atoms with Crippen molar-refractivity contribution in [3.63, 3.8) is 0 Å². The van der Waals surface area contributed by atoms with Crippen LogP contribution in [0, 0.1) is 11.7 Å². The van der Waals surface area contributed by atoms with Gasteiger partial charge in [-0.15, -0.1) is 0 Å². The number of nitrogens with one attached hydrogen (secondary N) is 1. The summed E-state index contributed by atoms with van der Waals surface area (Å²) in [5, 5.41) is 2.56. The van der Waals surface area contributed by atoms with Crippen molar-refractivity contribution in [2.75, 3.05) is 24.5 Å². The molecule has 0 radical (unpaired) electrons. The quantitative estimate of drug-likeness (QED) is 0.860. The van der Waals surface area contributed by atoms with Gasteiger partial charge in [0.1, 0.15) is 5.82 Å². The second-order valence-corrected chi connectivity index (χ2v) is 5.42. The van der Waals surface area contributed by atoms with E-state index in [1.165, 1.54) is 12.1 Å². The minimum atomic E-state index is -4.19. The highest BCUT2D eigenvalue weighted by Gasteiger charge is 2.31. The first-order valence-corrected chi connectivity index (χ1v) is 6.64. The molecule has 1 aromatic carbocycles. The van der Waals surface area contributed by atoms with Gasteiger partial charge in [-0.3, -0.25) is 0 Å². The monoisotopic (exact) mass is 290 g/mol. The summed E-state index contributed by atoms with van der Waals surface area (Å²) in [6, 6.07) is 5.85. The maximum Gasteiger partial charge on any atom is 0.401 e. The van der Waals surface area contributed by atoms with Gasteiger partial charge in [-0.1, -0.05) is 6.92 Å². The van der Waals surface area contributed by atoms with Crippen LogP contribution in [0.1, 0.15) is 13.3 Å². The van der Waals surface area contributed by atoms with Crippen LogP contribution in [0.4, 0.5) is 23.2 Å². The van der Waals surface area contributed by atoms with Crippen molar-refractivity contribution in [2.24, 2.45) is 5.92 Å². The van der Waals surface area contributed by atoms with Gasteiger partial charge >= 0.3 is 6.18 Å². The van der Waals surface area contributed by atoms with Crippen LogP contribution in [-0.2, 0) is 0 Å². The SMILES string of the molecule is CC1CC(NCC(F)(F)F)CN(c2ccc(F)cc2)C1. The largest absolute Gasteiger partial charge is 0.401 e. The fourth-order valence-corrected chi connectivity index (χ4v) is 2.62. The zero-order valence-electron chi connectivity index (χ0n) is 11.3. The molecule has 0 amide bonds. The van der Waals surface area contributed by atoms with E-state index in [1.54, 1.807) is 12.1 Å². The Morgan fingerprint density at radius 3 is 2.45 bits per heavy atom. The van der Waals surface area contributed by atoms with Gasteiger partial charge in [-0.25, -0.2) is 4.39 Å². The molecule has 0 bridgehead atoms. The summed E-state index contributed by atoms with van der Waals surface area (Å²) in [4.78, 5) is 2.00. The molecule has 0 aliphatic carbocycles. The number of rotatable bonds is 3.